The van der Waals surface area contributed by atoms with E-state index in [0.717, 1.165) is 0 Å². The van der Waals surface area contributed by atoms with Crippen molar-refractivity contribution >= 4 is 45.9 Å². The molecule has 0 rings (SSSR count). The summed E-state index contributed by atoms with van der Waals surface area (Å²) in [5.74, 6) is 0. The molecule has 0 aliphatic carbocycles. The molecule has 0 heterocycles. The summed E-state index contributed by atoms with van der Waals surface area (Å²) in [6, 6.07) is 0. The zero-order valence-electron chi connectivity index (χ0n) is 12.2. The maximum absolute atomic E-state index is 10.3. The largest absolute Gasteiger partial charge is 1.21 e. The Labute approximate surface area is 162 Å². The molecule has 0 amide bonds. The predicted molar refractivity (Wildman–Crippen MR) is 59.8 cm³/mol. The van der Waals surface area contributed by atoms with E-state index in [4.69, 9.17) is 46.1 Å². The number of carboxylic acid groups (broad SMARTS) is 2. The summed E-state index contributed by atoms with van der Waals surface area (Å²) in [6.07, 6.45) is -8.69. The Kier molecular flexibility index (Phi) is 25.3. The molecule has 0 saturated heterocycles. The molecule has 152 valence electrons. The average Bonchev–Trinajstić information content (AvgIpc) is 2.61. The molecule has 0 aliphatic rings. The van der Waals surface area contributed by atoms with Gasteiger partial charge in [-0.2, -0.15) is 26.3 Å². The third-order valence-corrected chi connectivity index (χ3v) is 2.11. The van der Waals surface area contributed by atoms with E-state index in [2.05, 4.69) is 35.8 Å². The van der Waals surface area contributed by atoms with E-state index in [1.54, 1.807) is 0 Å². The van der Waals surface area contributed by atoms with Crippen LogP contribution < -0.4 is 0 Å². The number of hydrogen-bond acceptors (Lipinski definition) is 18. The molecular formula is C5H7AlO20Zn. The van der Waals surface area contributed by atoms with Gasteiger partial charge in [-0.25, -0.2) is 24.0 Å². The Hall–Kier alpha value is -2.69. The van der Waals surface area contributed by atoms with Crippen LogP contribution in [0.15, 0.2) is 0 Å². The van der Waals surface area contributed by atoms with Crippen molar-refractivity contribution in [2.75, 3.05) is 0 Å². The number of carbonyl (C=O) groups is 5. The molecule has 0 unspecified atom stereocenters. The summed E-state index contributed by atoms with van der Waals surface area (Å²) in [5.41, 5.74) is 0. The van der Waals surface area contributed by atoms with Gasteiger partial charge in [0, 0.05) is 19.5 Å². The fraction of sp³-hybridized carbons (Fsp3) is 0. The Morgan fingerprint density at radius 1 is 0.519 bits per heavy atom. The van der Waals surface area contributed by atoms with Crippen molar-refractivity contribution in [1.82, 2.24) is 0 Å². The van der Waals surface area contributed by atoms with Gasteiger partial charge in [0.05, 0.1) is 0 Å². The molecule has 0 aromatic rings. The van der Waals surface area contributed by atoms with Gasteiger partial charge < -0.3 is 21.6 Å². The van der Waals surface area contributed by atoms with Crippen LogP contribution in [0.1, 0.15) is 0 Å². The molecule has 0 aromatic heterocycles. The van der Waals surface area contributed by atoms with Crippen LogP contribution in [0.5, 0.6) is 0 Å². The summed E-state index contributed by atoms with van der Waals surface area (Å²) in [5, 5.41) is 51.9. The maximum Gasteiger partial charge on any atom is 1.21 e. The second kappa shape index (κ2) is 21.3. The van der Waals surface area contributed by atoms with Crippen LogP contribution in [0.2, 0.25) is 0 Å². The van der Waals surface area contributed by atoms with Crippen molar-refractivity contribution in [3.63, 3.8) is 0 Å². The molecule has 0 bridgehead atoms. The van der Waals surface area contributed by atoms with Crippen LogP contribution in [0, 0.1) is 0 Å². The van der Waals surface area contributed by atoms with E-state index >= 15 is 0 Å². The third-order valence-electron chi connectivity index (χ3n) is 0.957. The molecule has 0 atom stereocenters. The van der Waals surface area contributed by atoms with Gasteiger partial charge in [-0.3, -0.25) is 24.4 Å². The fourth-order valence-electron chi connectivity index (χ4n) is 0.372. The molecule has 27 heavy (non-hydrogen) atoms. The summed E-state index contributed by atoms with van der Waals surface area (Å²) < 4.78 is 11.7. The smallest absolute Gasteiger partial charge is 0.516 e. The normalized spacial score (nSPS) is 7.44. The Bertz CT molecular complexity index is 393. The molecule has 20 nitrogen and oxygen atoms in total. The van der Waals surface area contributed by atoms with Crippen LogP contribution in [0.3, 0.4) is 0 Å². The fourth-order valence-corrected chi connectivity index (χ4v) is 1.12. The van der Waals surface area contributed by atoms with Crippen molar-refractivity contribution in [2.45, 2.75) is 0 Å². The van der Waals surface area contributed by atoms with Crippen LogP contribution in [0.4, 0.5) is 24.0 Å². The van der Waals surface area contributed by atoms with Gasteiger partial charge in [-0.1, -0.05) is 0 Å². The number of carbonyl (C=O) groups excluding carboxylic acids is 3. The third kappa shape index (κ3) is 28.4. The van der Waals surface area contributed by atoms with Gasteiger partial charge in [-0.15, -0.1) is 0 Å². The predicted octanol–water partition coefficient (Wildman–Crippen LogP) is 0.155. The van der Waals surface area contributed by atoms with Gasteiger partial charge in [0.15, 0.2) is 0 Å². The maximum atomic E-state index is 10.3. The zero-order chi connectivity index (χ0) is 21.1. The van der Waals surface area contributed by atoms with Crippen LogP contribution in [0.25, 0.3) is 0 Å². The van der Waals surface area contributed by atoms with Gasteiger partial charge in [0.1, 0.15) is 0 Å². The molecular weight excluding hydrogens is 472 g/mol. The minimum atomic E-state index is -3.86. The first-order valence-corrected chi connectivity index (χ1v) is 6.14. The van der Waals surface area contributed by atoms with E-state index in [9.17, 15) is 14.4 Å². The summed E-state index contributed by atoms with van der Waals surface area (Å²) >= 11 is -3.86. The number of rotatable bonds is 3. The Morgan fingerprint density at radius 2 is 0.704 bits per heavy atom. The van der Waals surface area contributed by atoms with Crippen molar-refractivity contribution in [2.24, 2.45) is 0 Å². The van der Waals surface area contributed by atoms with Crippen LogP contribution in [-0.4, -0.2) is 82.4 Å². The second-order valence-electron chi connectivity index (χ2n) is 2.38. The number of hydrogen-bond donors (Lipinski definition) is 7. The average molecular weight is 479 g/mol. The van der Waals surface area contributed by atoms with E-state index < -0.39 is 45.9 Å². The molecule has 0 aliphatic heterocycles. The molecule has 0 fully saturated rings. The minimum absolute atomic E-state index is 0. The van der Waals surface area contributed by atoms with E-state index in [1.807, 2.05) is 0 Å². The van der Waals surface area contributed by atoms with Gasteiger partial charge in [0.25, 0.3) is 0 Å². The van der Waals surface area contributed by atoms with Crippen molar-refractivity contribution in [1.29, 1.82) is 0 Å². The molecule has 22 heteroatoms. The van der Waals surface area contributed by atoms with E-state index in [-0.39, 0.29) is 19.5 Å². The topological polar surface area (TPSA) is 301 Å². The monoisotopic (exact) mass is 478 g/mol. The van der Waals surface area contributed by atoms with E-state index in [0.29, 0.717) is 0 Å². The van der Waals surface area contributed by atoms with Gasteiger partial charge in [-0.05, 0) is 0 Å². The second-order valence-corrected chi connectivity index (χ2v) is 3.66. The summed E-state index contributed by atoms with van der Waals surface area (Å²) in [7, 11) is 0. The van der Waals surface area contributed by atoms with Gasteiger partial charge >= 0.3 is 45.9 Å². The first-order chi connectivity index (χ1) is 12.1. The Balaban J connectivity index is -0.000000199. The standard InChI is InChI=1S/5CH2O4.Al.Zn/c5*2-1(3)5-4;;/h5*4H,(H,2,3);;/q;;;;;+3;/p-3. The minimum Gasteiger partial charge on any atom is -0.516 e. The first kappa shape index (κ1) is 32.0. The first-order valence-electron chi connectivity index (χ1n) is 4.72. The van der Waals surface area contributed by atoms with Crippen LogP contribution in [-0.2, 0) is 55.3 Å². The molecule has 0 aromatic carbocycles. The van der Waals surface area contributed by atoms with E-state index in [1.165, 1.54) is 0 Å². The Morgan fingerprint density at radius 3 is 0.815 bits per heavy atom. The van der Waals surface area contributed by atoms with Crippen LogP contribution >= 0.6 is 0 Å². The summed E-state index contributed by atoms with van der Waals surface area (Å²) in [4.78, 5) is 63.1. The zero-order valence-corrected chi connectivity index (χ0v) is 16.3. The molecule has 0 saturated carbocycles. The van der Waals surface area contributed by atoms with Crippen molar-refractivity contribution < 1.29 is 116 Å². The SMILES string of the molecule is O=C(O)OO.O=C(O)OO.O=C(OO)[O][Al]([O]C(=O)OO)[O]C(=O)OO.[Zn]. The van der Waals surface area contributed by atoms with Crippen molar-refractivity contribution in [3.05, 3.63) is 0 Å². The summed E-state index contributed by atoms with van der Waals surface area (Å²) in [6.45, 7) is 0. The van der Waals surface area contributed by atoms with Crippen molar-refractivity contribution in [3.8, 4) is 0 Å². The molecule has 0 spiro atoms. The molecule has 7 N–H and O–H groups in total. The molecule has 0 radical (unpaired) electrons. The quantitative estimate of drug-likeness (QED) is 0.122. The van der Waals surface area contributed by atoms with Gasteiger partial charge in [0.2, 0.25) is 0 Å².